The number of hydrogen-bond donors (Lipinski definition) is 2. The second-order valence-corrected chi connectivity index (χ2v) is 5.53. The third-order valence-electron chi connectivity index (χ3n) is 3.18. The van der Waals surface area contributed by atoms with E-state index in [4.69, 9.17) is 10.5 Å². The monoisotopic (exact) mass is 264 g/mol. The Bertz CT molecular complexity index is 416. The molecule has 0 bridgehead atoms. The van der Waals surface area contributed by atoms with E-state index in [-0.39, 0.29) is 11.3 Å². The fourth-order valence-corrected chi connectivity index (χ4v) is 1.92. The lowest BCUT2D eigenvalue weighted by molar-refractivity contribution is 0.0999. The van der Waals surface area contributed by atoms with Gasteiger partial charge in [-0.1, -0.05) is 32.0 Å². The Morgan fingerprint density at radius 3 is 2.68 bits per heavy atom. The summed E-state index contributed by atoms with van der Waals surface area (Å²) in [5, 5.41) is 3.38. The summed E-state index contributed by atoms with van der Waals surface area (Å²) in [6.07, 6.45) is 0.994. The second-order valence-electron chi connectivity index (χ2n) is 5.53. The first-order chi connectivity index (χ1) is 8.96. The molecule has 0 aliphatic rings. The summed E-state index contributed by atoms with van der Waals surface area (Å²) in [5.41, 5.74) is 7.05. The molecule has 1 aromatic rings. The quantitative estimate of drug-likeness (QED) is 0.754. The van der Waals surface area contributed by atoms with E-state index in [1.807, 2.05) is 18.2 Å². The van der Waals surface area contributed by atoms with Crippen molar-refractivity contribution < 1.29 is 9.53 Å². The minimum atomic E-state index is -0.379. The van der Waals surface area contributed by atoms with Gasteiger partial charge in [-0.2, -0.15) is 0 Å². The molecule has 0 saturated heterocycles. The van der Waals surface area contributed by atoms with Crippen molar-refractivity contribution in [2.75, 3.05) is 20.3 Å². The fourth-order valence-electron chi connectivity index (χ4n) is 1.92. The van der Waals surface area contributed by atoms with Gasteiger partial charge in [0.1, 0.15) is 0 Å². The minimum absolute atomic E-state index is 0.164. The number of ether oxygens (including phenoxy) is 1. The molecule has 4 nitrogen and oxygen atoms in total. The molecule has 106 valence electrons. The molecule has 0 radical (unpaired) electrons. The highest BCUT2D eigenvalue weighted by atomic mass is 16.5. The Labute approximate surface area is 115 Å². The summed E-state index contributed by atoms with van der Waals surface area (Å²) >= 11 is 0. The molecule has 0 aromatic heterocycles. The summed E-state index contributed by atoms with van der Waals surface area (Å²) in [6.45, 7) is 6.66. The van der Waals surface area contributed by atoms with E-state index in [0.717, 1.165) is 25.1 Å². The summed E-state index contributed by atoms with van der Waals surface area (Å²) in [7, 11) is 1.71. The fraction of sp³-hybridized carbons (Fsp3) is 0.533. The van der Waals surface area contributed by atoms with Gasteiger partial charge < -0.3 is 15.8 Å². The smallest absolute Gasteiger partial charge is 0.249 e. The number of amides is 1. The molecule has 0 aliphatic carbocycles. The normalized spacial score (nSPS) is 11.5. The third-order valence-corrected chi connectivity index (χ3v) is 3.18. The zero-order chi connectivity index (χ0) is 14.3. The van der Waals surface area contributed by atoms with Gasteiger partial charge in [-0.25, -0.2) is 0 Å². The van der Waals surface area contributed by atoms with Crippen molar-refractivity contribution >= 4 is 5.91 Å². The highest BCUT2D eigenvalue weighted by molar-refractivity contribution is 5.94. The molecule has 0 spiro atoms. The Morgan fingerprint density at radius 1 is 1.37 bits per heavy atom. The van der Waals surface area contributed by atoms with E-state index in [0.29, 0.717) is 12.1 Å². The number of hydrogen-bond acceptors (Lipinski definition) is 3. The highest BCUT2D eigenvalue weighted by Crippen LogP contribution is 2.19. The molecule has 1 aromatic carbocycles. The Hall–Kier alpha value is -1.39. The lowest BCUT2D eigenvalue weighted by atomic mass is 9.89. The van der Waals surface area contributed by atoms with Crippen molar-refractivity contribution in [1.82, 2.24) is 5.32 Å². The van der Waals surface area contributed by atoms with E-state index in [9.17, 15) is 4.79 Å². The van der Waals surface area contributed by atoms with Crippen molar-refractivity contribution in [2.45, 2.75) is 26.8 Å². The maximum Gasteiger partial charge on any atom is 0.249 e. The van der Waals surface area contributed by atoms with Gasteiger partial charge in [-0.05, 0) is 23.5 Å². The molecule has 19 heavy (non-hydrogen) atoms. The zero-order valence-corrected chi connectivity index (χ0v) is 12.0. The number of benzene rings is 1. The SMILES string of the molecule is COCCC(C)(C)CNCc1ccccc1C(N)=O. The number of methoxy groups -OCH3 is 1. The molecule has 0 aliphatic heterocycles. The number of carbonyl (C=O) groups excluding carboxylic acids is 1. The lowest BCUT2D eigenvalue weighted by Crippen LogP contribution is -2.30. The van der Waals surface area contributed by atoms with Crippen molar-refractivity contribution in [3.63, 3.8) is 0 Å². The van der Waals surface area contributed by atoms with E-state index in [2.05, 4.69) is 19.2 Å². The first kappa shape index (κ1) is 15.7. The highest BCUT2D eigenvalue weighted by Gasteiger charge is 2.17. The average Bonchev–Trinajstić information content (AvgIpc) is 2.36. The minimum Gasteiger partial charge on any atom is -0.385 e. The van der Waals surface area contributed by atoms with Crippen molar-refractivity contribution in [2.24, 2.45) is 11.1 Å². The van der Waals surface area contributed by atoms with Crippen molar-refractivity contribution in [1.29, 1.82) is 0 Å². The zero-order valence-electron chi connectivity index (χ0n) is 12.0. The van der Waals surface area contributed by atoms with Gasteiger partial charge in [0, 0.05) is 32.4 Å². The summed E-state index contributed by atoms with van der Waals surface area (Å²) in [5.74, 6) is -0.379. The molecule has 0 fully saturated rings. The molecule has 0 atom stereocenters. The average molecular weight is 264 g/mol. The van der Waals surface area contributed by atoms with Crippen LogP contribution in [0.15, 0.2) is 24.3 Å². The van der Waals surface area contributed by atoms with Gasteiger partial charge in [-0.15, -0.1) is 0 Å². The second kappa shape index (κ2) is 7.26. The molecule has 1 amide bonds. The van der Waals surface area contributed by atoms with Crippen LogP contribution in [0.2, 0.25) is 0 Å². The maximum atomic E-state index is 11.3. The van der Waals surface area contributed by atoms with Gasteiger partial charge in [-0.3, -0.25) is 4.79 Å². The molecule has 0 heterocycles. The van der Waals surface area contributed by atoms with Crippen LogP contribution in [0.5, 0.6) is 0 Å². The Morgan fingerprint density at radius 2 is 2.05 bits per heavy atom. The van der Waals surface area contributed by atoms with Crippen molar-refractivity contribution in [3.05, 3.63) is 35.4 Å². The molecular weight excluding hydrogens is 240 g/mol. The molecule has 3 N–H and O–H groups in total. The van der Waals surface area contributed by atoms with Crippen LogP contribution in [0, 0.1) is 5.41 Å². The van der Waals surface area contributed by atoms with Crippen LogP contribution in [0.4, 0.5) is 0 Å². The molecular formula is C15H24N2O2. The number of nitrogens with one attached hydrogen (secondary N) is 1. The van der Waals surface area contributed by atoms with Crippen molar-refractivity contribution in [3.8, 4) is 0 Å². The molecule has 0 saturated carbocycles. The predicted octanol–water partition coefficient (Wildman–Crippen LogP) is 1.94. The molecule has 1 rings (SSSR count). The van der Waals surface area contributed by atoms with Crippen LogP contribution >= 0.6 is 0 Å². The third kappa shape index (κ3) is 5.41. The number of primary amides is 1. The van der Waals surface area contributed by atoms with E-state index in [1.54, 1.807) is 13.2 Å². The summed E-state index contributed by atoms with van der Waals surface area (Å²) < 4.78 is 5.10. The lowest BCUT2D eigenvalue weighted by Gasteiger charge is -2.24. The molecule has 4 heteroatoms. The van der Waals surface area contributed by atoms with Crippen LogP contribution in [0.1, 0.15) is 36.2 Å². The summed E-state index contributed by atoms with van der Waals surface area (Å²) in [6, 6.07) is 7.43. The number of nitrogens with two attached hydrogens (primary N) is 1. The van der Waals surface area contributed by atoms with Crippen LogP contribution in [0.25, 0.3) is 0 Å². The Kier molecular flexibility index (Phi) is 5.99. The van der Waals surface area contributed by atoms with Crippen LogP contribution in [-0.2, 0) is 11.3 Å². The predicted molar refractivity (Wildman–Crippen MR) is 76.9 cm³/mol. The largest absolute Gasteiger partial charge is 0.385 e. The van der Waals surface area contributed by atoms with E-state index >= 15 is 0 Å². The Balaban J connectivity index is 2.51. The maximum absolute atomic E-state index is 11.3. The summed E-state index contributed by atoms with van der Waals surface area (Å²) in [4.78, 5) is 11.3. The van der Waals surface area contributed by atoms with Gasteiger partial charge in [0.15, 0.2) is 0 Å². The first-order valence-corrected chi connectivity index (χ1v) is 6.53. The number of carbonyl (C=O) groups is 1. The topological polar surface area (TPSA) is 64.3 Å². The van der Waals surface area contributed by atoms with Gasteiger partial charge in [0.25, 0.3) is 0 Å². The van der Waals surface area contributed by atoms with Crippen LogP contribution in [-0.4, -0.2) is 26.2 Å². The van der Waals surface area contributed by atoms with Gasteiger partial charge in [0.2, 0.25) is 5.91 Å². The van der Waals surface area contributed by atoms with Crippen LogP contribution in [0.3, 0.4) is 0 Å². The standard InChI is InChI=1S/C15H24N2O2/c1-15(2,8-9-19-3)11-17-10-12-6-4-5-7-13(12)14(16)18/h4-7,17H,8-11H2,1-3H3,(H2,16,18). The molecule has 0 unspecified atom stereocenters. The number of rotatable bonds is 8. The van der Waals surface area contributed by atoms with Gasteiger partial charge in [0.05, 0.1) is 0 Å². The van der Waals surface area contributed by atoms with Gasteiger partial charge >= 0.3 is 0 Å². The van der Waals surface area contributed by atoms with E-state index < -0.39 is 0 Å². The first-order valence-electron chi connectivity index (χ1n) is 6.53. The van der Waals surface area contributed by atoms with E-state index in [1.165, 1.54) is 0 Å². The van der Waals surface area contributed by atoms with Crippen LogP contribution < -0.4 is 11.1 Å².